The molecule has 0 aromatic heterocycles. The molecule has 0 atom stereocenters. The van der Waals surface area contributed by atoms with Gasteiger partial charge in [0.1, 0.15) is 0 Å². The molecule has 0 aliphatic rings. The number of hydrogen-bond donors (Lipinski definition) is 0. The van der Waals surface area contributed by atoms with Crippen LogP contribution in [0.15, 0.2) is 0 Å². The number of hydrogen-bond acceptors (Lipinski definition) is 2. The summed E-state index contributed by atoms with van der Waals surface area (Å²) in [4.78, 5) is 0. The summed E-state index contributed by atoms with van der Waals surface area (Å²) in [6.45, 7) is 0. The van der Waals surface area contributed by atoms with Crippen LogP contribution in [0.5, 0.6) is 0 Å². The second kappa shape index (κ2) is 58.4. The molecule has 0 aromatic carbocycles. The fourth-order valence-electron chi connectivity index (χ4n) is 0. The van der Waals surface area contributed by atoms with Crippen LogP contribution in [-0.2, 0) is 66.5 Å². The Morgan fingerprint density at radius 3 is 1.14 bits per heavy atom. The molecule has 37 valence electrons. The Hall–Kier alpha value is 3.33. The molecule has 0 aliphatic carbocycles. The van der Waals surface area contributed by atoms with E-state index in [9.17, 15) is 0 Å². The summed E-state index contributed by atoms with van der Waals surface area (Å²) in [5, 5.41) is 0. The van der Waals surface area contributed by atoms with Gasteiger partial charge in [0, 0.05) is 41.9 Å². The van der Waals surface area contributed by atoms with Gasteiger partial charge in [-0.15, -0.1) is 0 Å². The Bertz CT molecular complexity index is 15.7. The predicted molar refractivity (Wildman–Crippen MR) is 18.5 cm³/mol. The Kier molecular flexibility index (Phi) is 264. The van der Waals surface area contributed by atoms with Gasteiger partial charge in [0.05, 0.1) is 0 Å². The molecule has 0 N–H and O–H groups in total. The van der Waals surface area contributed by atoms with Crippen LogP contribution in [0.3, 0.4) is 0 Å². The molecule has 1 radical (unpaired) electrons. The van der Waals surface area contributed by atoms with Crippen LogP contribution in [0.2, 0.25) is 0 Å². The third-order valence-electron chi connectivity index (χ3n) is 0. The zero-order chi connectivity index (χ0) is 4.00. The molecule has 7 heavy (non-hydrogen) atoms. The van der Waals surface area contributed by atoms with Crippen molar-refractivity contribution in [2.75, 3.05) is 0 Å². The summed E-state index contributed by atoms with van der Waals surface area (Å²) in [5.74, 6) is 0. The monoisotopic (exact) mass is 501 g/mol. The maximum atomic E-state index is 8.42. The van der Waals surface area contributed by atoms with Crippen LogP contribution < -0.4 is 0 Å². The Labute approximate surface area is 114 Å². The van der Waals surface area contributed by atoms with Crippen LogP contribution in [-0.4, -0.2) is 50.2 Å². The van der Waals surface area contributed by atoms with Gasteiger partial charge in [-0.1, -0.05) is 0 Å². The normalized spacial score (nSPS) is 1.29. The minimum Gasteiger partial charge on any atom is 0 e. The molecule has 0 bridgehead atoms. The largest absolute Gasteiger partial charge is 0 e. The molecule has 0 aromatic rings. The van der Waals surface area contributed by atoms with Crippen LogP contribution in [0.1, 0.15) is 0 Å². The summed E-state index contributed by atoms with van der Waals surface area (Å²) in [6.07, 6.45) is 0. The summed E-state index contributed by atoms with van der Waals surface area (Å²) in [7, 11) is 0. The van der Waals surface area contributed by atoms with E-state index in [4.69, 9.17) is 6.43 Å². The molecule has 7 heteroatoms. The molecule has 0 rings (SSSR count). The molecule has 0 unspecified atom stereocenters. The topological polar surface area (TPSA) is 34.1 Å². The Balaban J connectivity index is -0.00000000267. The minimum absolute atomic E-state index is 0. The Morgan fingerprint density at radius 1 is 1.14 bits per heavy atom. The van der Waals surface area contributed by atoms with Gasteiger partial charge >= 0.3 is 74.9 Å². The minimum atomic E-state index is -0.1000. The molecule has 0 aliphatic heterocycles. The van der Waals surface area contributed by atoms with E-state index in [0.29, 0.717) is 0 Å². The molecular weight excluding hydrogens is 500 g/mol. The van der Waals surface area contributed by atoms with E-state index < -0.39 is 0 Å². The van der Waals surface area contributed by atoms with Crippen molar-refractivity contribution in [2.45, 2.75) is 0 Å². The third kappa shape index (κ3) is 45.2. The second-order valence-electron chi connectivity index (χ2n) is 0. The summed E-state index contributed by atoms with van der Waals surface area (Å²) in [5.41, 5.74) is 0. The first kappa shape index (κ1) is 31.7. The van der Waals surface area contributed by atoms with E-state index in [1.807, 2.05) is 0 Å². The van der Waals surface area contributed by atoms with Gasteiger partial charge in [-0.05, 0) is 0 Å². The third-order valence-corrected chi connectivity index (χ3v) is 0. The summed E-state index contributed by atoms with van der Waals surface area (Å²) in [6, 6.07) is 0. The van der Waals surface area contributed by atoms with Gasteiger partial charge in [-0.3, -0.25) is 0 Å². The summed E-state index contributed by atoms with van der Waals surface area (Å²) < 4.78 is 16.8. The standard InChI is InChI=1S/Ag.2In.2O.2Zn.4H. The first-order valence-electron chi connectivity index (χ1n) is 0.577. The van der Waals surface area contributed by atoms with Crippen LogP contribution >= 0.6 is 0 Å². The first-order chi connectivity index (χ1) is 2.00. The van der Waals surface area contributed by atoms with Crippen LogP contribution in [0, 0.1) is 0 Å². The van der Waals surface area contributed by atoms with Gasteiger partial charge in [0.15, 0.2) is 0 Å². The van der Waals surface area contributed by atoms with E-state index in [0.717, 1.165) is 0 Å². The fraction of sp³-hybridized carbons (Fsp3) is 0. The maximum absolute atomic E-state index is 8.42. The zero-order valence-electron chi connectivity index (χ0n) is 3.24. The van der Waals surface area contributed by atoms with Crippen molar-refractivity contribution in [3.63, 3.8) is 0 Å². The van der Waals surface area contributed by atoms with Crippen molar-refractivity contribution < 1.29 is 66.5 Å². The van der Waals surface area contributed by atoms with Crippen molar-refractivity contribution in [3.8, 4) is 0 Å². The van der Waals surface area contributed by atoms with Gasteiger partial charge in [0.25, 0.3) is 0 Å². The van der Waals surface area contributed by atoms with E-state index in [-0.39, 0.29) is 110 Å². The Morgan fingerprint density at radius 2 is 1.14 bits per heavy atom. The van der Waals surface area contributed by atoms with Crippen molar-refractivity contribution in [2.24, 2.45) is 0 Å². The van der Waals surface area contributed by atoms with Crippen molar-refractivity contribution in [3.05, 3.63) is 0 Å². The molecule has 0 amide bonds. The van der Waals surface area contributed by atoms with Gasteiger partial charge in [-0.2, -0.15) is 0 Å². The van der Waals surface area contributed by atoms with Gasteiger partial charge < -0.3 is 0 Å². The quantitative estimate of drug-likeness (QED) is 0.356. The van der Waals surface area contributed by atoms with Gasteiger partial charge in [-0.25, -0.2) is 0 Å². The van der Waals surface area contributed by atoms with Crippen LogP contribution in [0.4, 0.5) is 0 Å². The van der Waals surface area contributed by atoms with Crippen LogP contribution in [0.25, 0.3) is 0 Å². The van der Waals surface area contributed by atoms with E-state index >= 15 is 0 Å². The SMILES string of the molecule is [Ag].[InH3].[O]=[InH].[O]=[Zn].[Zn]. The summed E-state index contributed by atoms with van der Waals surface area (Å²) >= 11 is 0.0250. The van der Waals surface area contributed by atoms with E-state index in [1.165, 1.54) is 0 Å². The average molecular weight is 504 g/mol. The van der Waals surface area contributed by atoms with Crippen molar-refractivity contribution >= 4 is 50.2 Å². The molecule has 0 saturated heterocycles. The van der Waals surface area contributed by atoms with E-state index in [1.54, 1.807) is 0 Å². The predicted octanol–water partition coefficient (Wildman–Crippen LogP) is -2.08. The van der Waals surface area contributed by atoms with Gasteiger partial charge in [0.2, 0.25) is 0 Å². The molecular formula is H4AgIn2O2Zn2. The first-order valence-corrected chi connectivity index (χ1v) is 3.44. The fourth-order valence-corrected chi connectivity index (χ4v) is 0. The second-order valence-corrected chi connectivity index (χ2v) is 0. The molecule has 0 spiro atoms. The van der Waals surface area contributed by atoms with E-state index in [2.05, 4.69) is 0 Å². The van der Waals surface area contributed by atoms with Crippen molar-refractivity contribution in [1.82, 2.24) is 0 Å². The van der Waals surface area contributed by atoms with Crippen molar-refractivity contribution in [1.29, 1.82) is 0 Å². The zero-order valence-corrected chi connectivity index (χ0v) is 14.7. The molecule has 0 saturated carbocycles. The smallest absolute Gasteiger partial charge is 0 e. The molecule has 0 heterocycles. The molecule has 2 nitrogen and oxygen atoms in total. The number of rotatable bonds is 0. The molecule has 0 fully saturated rings. The maximum Gasteiger partial charge on any atom is 0 e. The average Bonchev–Trinajstić information content (AvgIpc) is 1.50.